The normalized spacial score (nSPS) is 14.1. The summed E-state index contributed by atoms with van der Waals surface area (Å²) in [5, 5.41) is 12.3. The van der Waals surface area contributed by atoms with Crippen molar-refractivity contribution in [2.24, 2.45) is 0 Å². The number of rotatable bonds is 4. The van der Waals surface area contributed by atoms with E-state index >= 15 is 0 Å². The summed E-state index contributed by atoms with van der Waals surface area (Å²) >= 11 is 0. The van der Waals surface area contributed by atoms with Crippen molar-refractivity contribution in [2.45, 2.75) is 19.8 Å². The molecule has 22 heavy (non-hydrogen) atoms. The van der Waals surface area contributed by atoms with Crippen molar-refractivity contribution >= 4 is 23.4 Å². The molecule has 0 amide bonds. The molecule has 1 aliphatic heterocycles. The van der Waals surface area contributed by atoms with E-state index in [0.717, 1.165) is 31.6 Å². The van der Waals surface area contributed by atoms with Crippen molar-refractivity contribution in [2.75, 3.05) is 23.3 Å². The fraction of sp³-hybridized carbons (Fsp3) is 0.312. The van der Waals surface area contributed by atoms with Crippen molar-refractivity contribution in [3.63, 3.8) is 0 Å². The predicted octanol–water partition coefficient (Wildman–Crippen LogP) is 2.83. The third-order valence-electron chi connectivity index (χ3n) is 3.65. The summed E-state index contributed by atoms with van der Waals surface area (Å²) in [5.41, 5.74) is 1.61. The summed E-state index contributed by atoms with van der Waals surface area (Å²) in [6, 6.07) is 8.62. The molecule has 0 aliphatic carbocycles. The van der Waals surface area contributed by atoms with Gasteiger partial charge in [0.25, 0.3) is 0 Å². The second kappa shape index (κ2) is 6.01. The number of nitrogens with one attached hydrogen (secondary N) is 1. The molecule has 2 heterocycles. The average Bonchev–Trinajstić information content (AvgIpc) is 3.01. The molecule has 3 rings (SSSR count). The number of aryl methyl sites for hydroxylation is 1. The number of benzene rings is 1. The Kier molecular flexibility index (Phi) is 3.91. The van der Waals surface area contributed by atoms with Crippen molar-refractivity contribution in [3.05, 3.63) is 41.6 Å². The van der Waals surface area contributed by atoms with E-state index in [1.165, 1.54) is 0 Å². The molecule has 0 bridgehead atoms. The van der Waals surface area contributed by atoms with E-state index in [-0.39, 0.29) is 5.56 Å². The third-order valence-corrected chi connectivity index (χ3v) is 3.65. The second-order valence-electron chi connectivity index (χ2n) is 5.36. The van der Waals surface area contributed by atoms with Crippen LogP contribution >= 0.6 is 0 Å². The van der Waals surface area contributed by atoms with Crippen LogP contribution in [0.4, 0.5) is 17.5 Å². The molecule has 114 valence electrons. The van der Waals surface area contributed by atoms with Crippen LogP contribution in [0.1, 0.15) is 28.9 Å². The summed E-state index contributed by atoms with van der Waals surface area (Å²) in [4.78, 5) is 22.4. The maximum atomic E-state index is 11.3. The van der Waals surface area contributed by atoms with Crippen LogP contribution in [-0.4, -0.2) is 34.1 Å². The fourth-order valence-electron chi connectivity index (χ4n) is 2.59. The molecule has 6 heteroatoms. The van der Waals surface area contributed by atoms with E-state index in [0.29, 0.717) is 17.5 Å². The number of aromatic nitrogens is 2. The minimum atomic E-state index is -0.964. The average molecular weight is 298 g/mol. The highest BCUT2D eigenvalue weighted by molar-refractivity contribution is 5.95. The second-order valence-corrected chi connectivity index (χ2v) is 5.36. The lowest BCUT2D eigenvalue weighted by Crippen LogP contribution is -2.21. The van der Waals surface area contributed by atoms with Crippen molar-refractivity contribution in [1.29, 1.82) is 0 Å². The number of nitrogens with zero attached hydrogens (tertiary/aromatic N) is 3. The summed E-state index contributed by atoms with van der Waals surface area (Å²) in [5.74, 6) is 0.351. The first-order valence-electron chi connectivity index (χ1n) is 7.33. The van der Waals surface area contributed by atoms with Crippen LogP contribution in [0.2, 0.25) is 0 Å². The van der Waals surface area contributed by atoms with Gasteiger partial charge in [-0.1, -0.05) is 12.1 Å². The number of carboxylic acid groups (broad SMARTS) is 1. The first-order chi connectivity index (χ1) is 10.6. The van der Waals surface area contributed by atoms with Crippen LogP contribution < -0.4 is 10.2 Å². The van der Waals surface area contributed by atoms with E-state index in [4.69, 9.17) is 0 Å². The van der Waals surface area contributed by atoms with Gasteiger partial charge in [0.05, 0.1) is 11.3 Å². The topological polar surface area (TPSA) is 78.3 Å². The Labute approximate surface area is 128 Å². The number of hydrogen-bond donors (Lipinski definition) is 2. The van der Waals surface area contributed by atoms with Gasteiger partial charge in [-0.25, -0.2) is 9.78 Å². The van der Waals surface area contributed by atoms with E-state index in [2.05, 4.69) is 20.2 Å². The van der Waals surface area contributed by atoms with Crippen LogP contribution in [0, 0.1) is 6.92 Å². The highest BCUT2D eigenvalue weighted by Gasteiger charge is 2.16. The molecule has 1 fully saturated rings. The number of aromatic carboxylic acids is 1. The maximum absolute atomic E-state index is 11.3. The number of hydrogen-bond acceptors (Lipinski definition) is 5. The van der Waals surface area contributed by atoms with Gasteiger partial charge in [-0.05, 0) is 31.9 Å². The summed E-state index contributed by atoms with van der Waals surface area (Å²) in [6.07, 6.45) is 2.31. The van der Waals surface area contributed by atoms with Gasteiger partial charge in [-0.2, -0.15) is 4.98 Å². The maximum Gasteiger partial charge on any atom is 0.337 e. The number of carbonyl (C=O) groups is 1. The third kappa shape index (κ3) is 3.00. The molecule has 2 N–H and O–H groups in total. The Morgan fingerprint density at radius 3 is 2.68 bits per heavy atom. The van der Waals surface area contributed by atoms with Gasteiger partial charge >= 0.3 is 5.97 Å². The molecular weight excluding hydrogens is 280 g/mol. The smallest absolute Gasteiger partial charge is 0.337 e. The molecule has 1 aliphatic rings. The van der Waals surface area contributed by atoms with Crippen molar-refractivity contribution < 1.29 is 9.90 Å². The van der Waals surface area contributed by atoms with Crippen molar-refractivity contribution in [1.82, 2.24) is 9.97 Å². The quantitative estimate of drug-likeness (QED) is 0.903. The fourth-order valence-corrected chi connectivity index (χ4v) is 2.59. The number of carboxylic acids is 1. The SMILES string of the molecule is Cc1cc(Nc2ccccc2C(=O)O)nc(N2CCCC2)n1. The zero-order valence-electron chi connectivity index (χ0n) is 12.4. The van der Waals surface area contributed by atoms with E-state index in [9.17, 15) is 9.90 Å². The lowest BCUT2D eigenvalue weighted by Gasteiger charge is -2.17. The van der Waals surface area contributed by atoms with Crippen LogP contribution in [-0.2, 0) is 0 Å². The highest BCUT2D eigenvalue weighted by Crippen LogP contribution is 2.23. The molecule has 2 aromatic rings. The van der Waals surface area contributed by atoms with E-state index < -0.39 is 5.97 Å². The molecule has 0 unspecified atom stereocenters. The van der Waals surface area contributed by atoms with Crippen molar-refractivity contribution in [3.8, 4) is 0 Å². The van der Waals surface area contributed by atoms with Gasteiger partial charge in [0.2, 0.25) is 5.95 Å². The Bertz CT molecular complexity index is 696. The standard InChI is InChI=1S/C16H18N4O2/c1-11-10-14(19-16(17-11)20-8-4-5-9-20)18-13-7-3-2-6-12(13)15(21)22/h2-3,6-7,10H,4-5,8-9H2,1H3,(H,21,22)(H,17,18,19). The molecule has 1 saturated heterocycles. The predicted molar refractivity (Wildman–Crippen MR) is 84.9 cm³/mol. The van der Waals surface area contributed by atoms with Gasteiger partial charge < -0.3 is 15.3 Å². The molecule has 1 aromatic carbocycles. The zero-order valence-corrected chi connectivity index (χ0v) is 12.4. The van der Waals surface area contributed by atoms with Gasteiger partial charge in [0.1, 0.15) is 5.82 Å². The first-order valence-corrected chi connectivity index (χ1v) is 7.33. The monoisotopic (exact) mass is 298 g/mol. The van der Waals surface area contributed by atoms with Gasteiger partial charge in [0, 0.05) is 24.8 Å². The lowest BCUT2D eigenvalue weighted by atomic mass is 10.2. The summed E-state index contributed by atoms with van der Waals surface area (Å²) in [7, 11) is 0. The summed E-state index contributed by atoms with van der Waals surface area (Å²) < 4.78 is 0. The minimum Gasteiger partial charge on any atom is -0.478 e. The van der Waals surface area contributed by atoms with E-state index in [1.807, 2.05) is 13.0 Å². The number of para-hydroxylation sites is 1. The van der Waals surface area contributed by atoms with Gasteiger partial charge in [-0.15, -0.1) is 0 Å². The largest absolute Gasteiger partial charge is 0.478 e. The van der Waals surface area contributed by atoms with Gasteiger partial charge in [0.15, 0.2) is 0 Å². The Morgan fingerprint density at radius 2 is 1.95 bits per heavy atom. The van der Waals surface area contributed by atoms with E-state index in [1.54, 1.807) is 24.3 Å². The number of anilines is 3. The van der Waals surface area contributed by atoms with Crippen LogP contribution in [0.15, 0.2) is 30.3 Å². The summed E-state index contributed by atoms with van der Waals surface area (Å²) in [6.45, 7) is 3.85. The van der Waals surface area contributed by atoms with Crippen LogP contribution in [0.5, 0.6) is 0 Å². The Balaban J connectivity index is 1.91. The highest BCUT2D eigenvalue weighted by atomic mass is 16.4. The lowest BCUT2D eigenvalue weighted by molar-refractivity contribution is 0.0698. The first kappa shape index (κ1) is 14.3. The van der Waals surface area contributed by atoms with Crippen LogP contribution in [0.25, 0.3) is 0 Å². The molecule has 1 aromatic heterocycles. The van der Waals surface area contributed by atoms with Gasteiger partial charge in [-0.3, -0.25) is 0 Å². The molecule has 0 atom stereocenters. The Morgan fingerprint density at radius 1 is 1.23 bits per heavy atom. The molecular formula is C16H18N4O2. The molecule has 0 spiro atoms. The zero-order chi connectivity index (χ0) is 15.5. The Hall–Kier alpha value is -2.63. The molecule has 0 saturated carbocycles. The minimum absolute atomic E-state index is 0.224. The van der Waals surface area contributed by atoms with Crippen LogP contribution in [0.3, 0.4) is 0 Å². The molecule has 0 radical (unpaired) electrons. The molecule has 6 nitrogen and oxygen atoms in total.